The molecule has 0 N–H and O–H groups in total. The second kappa shape index (κ2) is 8.72. The Morgan fingerprint density at radius 2 is 1.00 bits per heavy atom. The standard InChI is InChI=1S/C31H23N3/c1-4-12-24(13-5-1)30-29-18-10-11-23-33(29)31(32-30)25-19-21-28(22-20-25)34(26-14-6-2-7-15-26)27-16-8-3-9-17-27/h1-23H. The van der Waals surface area contributed by atoms with Crippen LogP contribution in [0.5, 0.6) is 0 Å². The van der Waals surface area contributed by atoms with E-state index in [1.807, 2.05) is 24.3 Å². The van der Waals surface area contributed by atoms with Crippen LogP contribution < -0.4 is 4.90 Å². The van der Waals surface area contributed by atoms with Crippen LogP contribution >= 0.6 is 0 Å². The van der Waals surface area contributed by atoms with Crippen molar-refractivity contribution in [3.05, 3.63) is 140 Å². The number of nitrogens with zero attached hydrogens (tertiary/aromatic N) is 3. The first kappa shape index (κ1) is 20.0. The molecule has 0 atom stereocenters. The van der Waals surface area contributed by atoms with Gasteiger partial charge in [0.2, 0.25) is 0 Å². The van der Waals surface area contributed by atoms with Crippen LogP contribution in [0.2, 0.25) is 0 Å². The average molecular weight is 438 g/mol. The van der Waals surface area contributed by atoms with E-state index in [1.54, 1.807) is 0 Å². The van der Waals surface area contributed by atoms with Crippen LogP contribution in [0, 0.1) is 0 Å². The number of aromatic nitrogens is 2. The van der Waals surface area contributed by atoms with Crippen LogP contribution in [0.1, 0.15) is 0 Å². The molecule has 4 aromatic carbocycles. The Labute approximate surface area is 199 Å². The topological polar surface area (TPSA) is 20.5 Å². The van der Waals surface area contributed by atoms with E-state index in [2.05, 4.69) is 125 Å². The fraction of sp³-hybridized carbons (Fsp3) is 0. The third kappa shape index (κ3) is 3.63. The fourth-order valence-electron chi connectivity index (χ4n) is 4.41. The number of pyridine rings is 1. The van der Waals surface area contributed by atoms with Crippen molar-refractivity contribution in [1.29, 1.82) is 0 Å². The highest BCUT2D eigenvalue weighted by atomic mass is 15.1. The molecule has 0 fully saturated rings. The normalized spacial score (nSPS) is 10.9. The Morgan fingerprint density at radius 3 is 1.62 bits per heavy atom. The molecule has 0 bridgehead atoms. The van der Waals surface area contributed by atoms with Crippen LogP contribution in [0.15, 0.2) is 140 Å². The molecule has 2 heterocycles. The van der Waals surface area contributed by atoms with E-state index in [0.29, 0.717) is 0 Å². The number of rotatable bonds is 5. The molecule has 0 unspecified atom stereocenters. The zero-order valence-corrected chi connectivity index (χ0v) is 18.6. The summed E-state index contributed by atoms with van der Waals surface area (Å²) in [7, 11) is 0. The summed E-state index contributed by atoms with van der Waals surface area (Å²) in [5, 5.41) is 0. The van der Waals surface area contributed by atoms with Crippen molar-refractivity contribution in [3.8, 4) is 22.6 Å². The Kier molecular flexibility index (Phi) is 5.13. The number of anilines is 3. The maximum Gasteiger partial charge on any atom is 0.145 e. The smallest absolute Gasteiger partial charge is 0.145 e. The third-order valence-electron chi connectivity index (χ3n) is 6.01. The molecular formula is C31H23N3. The van der Waals surface area contributed by atoms with Gasteiger partial charge in [-0.25, -0.2) is 4.98 Å². The van der Waals surface area contributed by atoms with Gasteiger partial charge in [-0.15, -0.1) is 0 Å². The summed E-state index contributed by atoms with van der Waals surface area (Å²) in [4.78, 5) is 7.34. The maximum atomic E-state index is 5.07. The highest BCUT2D eigenvalue weighted by molar-refractivity contribution is 5.82. The van der Waals surface area contributed by atoms with Gasteiger partial charge in [0, 0.05) is 34.4 Å². The van der Waals surface area contributed by atoms with E-state index in [4.69, 9.17) is 4.98 Å². The number of fused-ring (bicyclic) bond motifs is 1. The molecule has 0 spiro atoms. The van der Waals surface area contributed by atoms with Crippen LogP contribution in [-0.4, -0.2) is 9.38 Å². The lowest BCUT2D eigenvalue weighted by Gasteiger charge is -2.25. The first-order valence-corrected chi connectivity index (χ1v) is 11.4. The Morgan fingerprint density at radius 1 is 0.471 bits per heavy atom. The van der Waals surface area contributed by atoms with Gasteiger partial charge >= 0.3 is 0 Å². The van der Waals surface area contributed by atoms with Crippen LogP contribution in [0.4, 0.5) is 17.1 Å². The van der Waals surface area contributed by atoms with Gasteiger partial charge in [0.1, 0.15) is 5.82 Å². The first-order chi connectivity index (χ1) is 16.9. The Hall–Kier alpha value is -4.63. The molecule has 34 heavy (non-hydrogen) atoms. The van der Waals surface area contributed by atoms with Crippen molar-refractivity contribution in [3.63, 3.8) is 0 Å². The fourth-order valence-corrected chi connectivity index (χ4v) is 4.41. The molecular weight excluding hydrogens is 414 g/mol. The Bertz CT molecular complexity index is 1480. The summed E-state index contributed by atoms with van der Waals surface area (Å²) in [5.41, 5.74) is 7.64. The number of hydrogen-bond donors (Lipinski definition) is 0. The average Bonchev–Trinajstić information content (AvgIpc) is 3.31. The highest BCUT2D eigenvalue weighted by Crippen LogP contribution is 2.36. The summed E-state index contributed by atoms with van der Waals surface area (Å²) in [6, 6.07) is 46.2. The van der Waals surface area contributed by atoms with Gasteiger partial charge in [0.05, 0.1) is 11.2 Å². The second-order valence-electron chi connectivity index (χ2n) is 8.16. The first-order valence-electron chi connectivity index (χ1n) is 11.4. The van der Waals surface area contributed by atoms with E-state index < -0.39 is 0 Å². The van der Waals surface area contributed by atoms with Crippen LogP contribution in [0.25, 0.3) is 28.2 Å². The SMILES string of the molecule is c1ccc(-c2nc(-c3ccc(N(c4ccccc4)c4ccccc4)cc3)n3ccccc23)cc1. The molecule has 0 aliphatic heterocycles. The molecule has 0 saturated heterocycles. The summed E-state index contributed by atoms with van der Waals surface area (Å²) < 4.78 is 2.17. The number of para-hydroxylation sites is 2. The van der Waals surface area contributed by atoms with Gasteiger partial charge in [0.15, 0.2) is 0 Å². The number of benzene rings is 4. The Balaban J connectivity index is 1.44. The monoisotopic (exact) mass is 437 g/mol. The van der Waals surface area contributed by atoms with Crippen LogP contribution in [-0.2, 0) is 0 Å². The van der Waals surface area contributed by atoms with Gasteiger partial charge in [-0.2, -0.15) is 0 Å². The van der Waals surface area contributed by atoms with Crippen molar-refractivity contribution in [2.45, 2.75) is 0 Å². The summed E-state index contributed by atoms with van der Waals surface area (Å²) >= 11 is 0. The van der Waals surface area contributed by atoms with Crippen molar-refractivity contribution in [1.82, 2.24) is 9.38 Å². The van der Waals surface area contributed by atoms with Gasteiger partial charge < -0.3 is 4.90 Å². The largest absolute Gasteiger partial charge is 0.311 e. The quantitative estimate of drug-likeness (QED) is 0.271. The second-order valence-corrected chi connectivity index (χ2v) is 8.16. The molecule has 2 aromatic heterocycles. The predicted molar refractivity (Wildman–Crippen MR) is 141 cm³/mol. The molecule has 6 aromatic rings. The molecule has 0 aliphatic carbocycles. The zero-order chi connectivity index (χ0) is 22.7. The molecule has 0 aliphatic rings. The molecule has 0 saturated carbocycles. The van der Waals surface area contributed by atoms with Gasteiger partial charge in [-0.1, -0.05) is 72.8 Å². The summed E-state index contributed by atoms with van der Waals surface area (Å²) in [6.07, 6.45) is 2.08. The predicted octanol–water partition coefficient (Wildman–Crippen LogP) is 8.14. The minimum Gasteiger partial charge on any atom is -0.311 e. The van der Waals surface area contributed by atoms with E-state index >= 15 is 0 Å². The minimum absolute atomic E-state index is 0.937. The van der Waals surface area contributed by atoms with Crippen molar-refractivity contribution < 1.29 is 0 Å². The minimum atomic E-state index is 0.937. The number of imidazole rings is 1. The molecule has 3 nitrogen and oxygen atoms in total. The lowest BCUT2D eigenvalue weighted by atomic mass is 10.1. The highest BCUT2D eigenvalue weighted by Gasteiger charge is 2.16. The molecule has 0 radical (unpaired) electrons. The van der Waals surface area contributed by atoms with Crippen molar-refractivity contribution in [2.75, 3.05) is 4.90 Å². The lowest BCUT2D eigenvalue weighted by Crippen LogP contribution is -2.09. The van der Waals surface area contributed by atoms with E-state index in [1.165, 1.54) is 0 Å². The molecule has 3 heteroatoms. The van der Waals surface area contributed by atoms with Crippen LogP contribution in [0.3, 0.4) is 0 Å². The zero-order valence-electron chi connectivity index (χ0n) is 18.6. The van der Waals surface area contributed by atoms with Crippen molar-refractivity contribution in [2.24, 2.45) is 0 Å². The van der Waals surface area contributed by atoms with E-state index in [9.17, 15) is 0 Å². The summed E-state index contributed by atoms with van der Waals surface area (Å²) in [6.45, 7) is 0. The van der Waals surface area contributed by atoms with Gasteiger partial charge in [-0.3, -0.25) is 4.40 Å². The van der Waals surface area contributed by atoms with E-state index in [0.717, 1.165) is 45.2 Å². The number of hydrogen-bond acceptors (Lipinski definition) is 2. The van der Waals surface area contributed by atoms with Gasteiger partial charge in [-0.05, 0) is 60.7 Å². The third-order valence-corrected chi connectivity index (χ3v) is 6.01. The lowest BCUT2D eigenvalue weighted by molar-refractivity contribution is 1.16. The molecule has 162 valence electrons. The maximum absolute atomic E-state index is 5.07. The summed E-state index contributed by atoms with van der Waals surface area (Å²) in [5.74, 6) is 0.937. The van der Waals surface area contributed by atoms with Gasteiger partial charge in [0.25, 0.3) is 0 Å². The van der Waals surface area contributed by atoms with E-state index in [-0.39, 0.29) is 0 Å². The molecule has 6 rings (SSSR count). The van der Waals surface area contributed by atoms with Crippen molar-refractivity contribution >= 4 is 22.6 Å². The molecule has 0 amide bonds.